The van der Waals surface area contributed by atoms with Crippen molar-refractivity contribution in [2.24, 2.45) is 7.05 Å². The summed E-state index contributed by atoms with van der Waals surface area (Å²) in [5.74, 6) is -2.36. The van der Waals surface area contributed by atoms with Gasteiger partial charge in [0.1, 0.15) is 11.5 Å². The number of hydrogen-bond donors (Lipinski definition) is 1. The fourth-order valence-electron chi connectivity index (χ4n) is 2.17. The van der Waals surface area contributed by atoms with Crippen molar-refractivity contribution in [3.8, 4) is 5.69 Å². The lowest BCUT2D eigenvalue weighted by Crippen LogP contribution is -2.41. The molecule has 1 atom stereocenters. The summed E-state index contributed by atoms with van der Waals surface area (Å²) in [4.78, 5) is 36.4. The average Bonchev–Trinajstić information content (AvgIpc) is 2.58. The number of halogens is 5. The van der Waals surface area contributed by atoms with Crippen molar-refractivity contribution < 1.29 is 30.7 Å². The highest BCUT2D eigenvalue weighted by atomic mass is 35.5. The molecule has 1 aromatic carbocycles. The summed E-state index contributed by atoms with van der Waals surface area (Å²) < 4.78 is 70.6. The summed E-state index contributed by atoms with van der Waals surface area (Å²) in [5.41, 5.74) is -5.85. The van der Waals surface area contributed by atoms with E-state index in [9.17, 15) is 36.2 Å². The van der Waals surface area contributed by atoms with Gasteiger partial charge < -0.3 is 0 Å². The molecule has 2 aromatic rings. The monoisotopic (exact) mass is 443 g/mol. The molecule has 1 heterocycles. The van der Waals surface area contributed by atoms with Crippen LogP contribution in [0.15, 0.2) is 27.8 Å². The fourth-order valence-corrected chi connectivity index (χ4v) is 2.76. The van der Waals surface area contributed by atoms with Crippen molar-refractivity contribution in [3.63, 3.8) is 0 Å². The Hall–Kier alpha value is -2.51. The number of benzene rings is 1. The minimum atomic E-state index is -5.00. The molecule has 14 heteroatoms. The van der Waals surface area contributed by atoms with Crippen LogP contribution in [0.4, 0.5) is 17.6 Å². The van der Waals surface area contributed by atoms with Crippen LogP contribution in [0.2, 0.25) is 5.02 Å². The van der Waals surface area contributed by atoms with Crippen molar-refractivity contribution in [2.75, 3.05) is 7.11 Å². The zero-order valence-corrected chi connectivity index (χ0v) is 15.5. The predicted molar refractivity (Wildman–Crippen MR) is 89.9 cm³/mol. The van der Waals surface area contributed by atoms with Gasteiger partial charge in [-0.05, 0) is 12.1 Å². The van der Waals surface area contributed by atoms with Crippen LogP contribution < -0.4 is 16.0 Å². The van der Waals surface area contributed by atoms with Crippen LogP contribution in [0.3, 0.4) is 0 Å². The van der Waals surface area contributed by atoms with E-state index in [0.29, 0.717) is 12.1 Å². The van der Waals surface area contributed by atoms with E-state index >= 15 is 0 Å². The molecule has 1 amide bonds. The second-order valence-electron chi connectivity index (χ2n) is 5.16. The average molecular weight is 444 g/mol. The Bertz CT molecular complexity index is 1100. The van der Waals surface area contributed by atoms with Gasteiger partial charge in [0.05, 0.1) is 23.4 Å². The van der Waals surface area contributed by atoms with E-state index in [-0.39, 0.29) is 15.2 Å². The number of nitrogens with one attached hydrogen (secondary N) is 1. The summed E-state index contributed by atoms with van der Waals surface area (Å²) in [7, 11) is 1.75. The van der Waals surface area contributed by atoms with Crippen molar-refractivity contribution in [2.45, 2.75) is 6.18 Å². The molecule has 0 bridgehead atoms. The Labute approximate surface area is 161 Å². The van der Waals surface area contributed by atoms with E-state index in [1.165, 1.54) is 0 Å². The smallest absolute Gasteiger partial charge is 0.292 e. The Morgan fingerprint density at radius 3 is 2.39 bits per heavy atom. The Morgan fingerprint density at radius 1 is 1.25 bits per heavy atom. The van der Waals surface area contributed by atoms with E-state index in [1.54, 1.807) is 0 Å². The second-order valence-corrected chi connectivity index (χ2v) is 6.57. The molecule has 0 saturated heterocycles. The normalized spacial score (nSPS) is 12.7. The number of aromatic nitrogens is 2. The predicted octanol–water partition coefficient (Wildman–Crippen LogP) is 1.30. The van der Waals surface area contributed by atoms with Crippen LogP contribution in [0.25, 0.3) is 5.69 Å². The molecule has 0 saturated carbocycles. The highest BCUT2D eigenvalue weighted by Crippen LogP contribution is 2.27. The van der Waals surface area contributed by atoms with Gasteiger partial charge in [0.15, 0.2) is 0 Å². The topological polar surface area (TPSA) is 99.4 Å². The zero-order chi connectivity index (χ0) is 21.4. The van der Waals surface area contributed by atoms with E-state index in [4.69, 9.17) is 11.6 Å². The number of carbonyl (C=O) groups excluding carboxylic acids is 1. The van der Waals surface area contributed by atoms with Crippen molar-refractivity contribution >= 4 is 28.8 Å². The summed E-state index contributed by atoms with van der Waals surface area (Å²) in [5, 5.41) is -0.469. The summed E-state index contributed by atoms with van der Waals surface area (Å²) in [6.07, 6.45) is -5.00. The molecule has 0 spiro atoms. The van der Waals surface area contributed by atoms with Gasteiger partial charge in [0.25, 0.3) is 22.7 Å². The molecule has 152 valence electrons. The minimum absolute atomic E-state index is 0.102. The van der Waals surface area contributed by atoms with Gasteiger partial charge in [-0.15, -0.1) is 0 Å². The molecule has 2 rings (SSSR count). The first-order chi connectivity index (χ1) is 12.9. The second kappa shape index (κ2) is 7.85. The van der Waals surface area contributed by atoms with Crippen molar-refractivity contribution in [1.29, 1.82) is 0 Å². The number of nitrogens with zero attached hydrogens (tertiary/aromatic N) is 2. The van der Waals surface area contributed by atoms with E-state index in [1.807, 2.05) is 4.72 Å². The van der Waals surface area contributed by atoms with E-state index < -0.39 is 62.4 Å². The first kappa shape index (κ1) is 21.8. The third-order valence-corrected chi connectivity index (χ3v) is 4.43. The van der Waals surface area contributed by atoms with Gasteiger partial charge in [-0.2, -0.15) is 13.2 Å². The molecule has 0 aliphatic rings. The summed E-state index contributed by atoms with van der Waals surface area (Å²) >= 11 is 3.49. The van der Waals surface area contributed by atoms with Gasteiger partial charge in [-0.1, -0.05) is 11.6 Å². The molecule has 8 nitrogen and oxygen atoms in total. The quantitative estimate of drug-likeness (QED) is 0.718. The van der Waals surface area contributed by atoms with Gasteiger partial charge in [-0.3, -0.25) is 18.3 Å². The molecule has 0 aliphatic heterocycles. The van der Waals surface area contributed by atoms with Crippen LogP contribution in [-0.4, -0.2) is 26.4 Å². The van der Waals surface area contributed by atoms with Gasteiger partial charge in [0, 0.05) is 13.1 Å². The molecule has 0 fully saturated rings. The lowest BCUT2D eigenvalue weighted by molar-refractivity contribution is -0.144. The summed E-state index contributed by atoms with van der Waals surface area (Å²) in [6.45, 7) is 0. The maximum atomic E-state index is 14.3. The molecule has 1 unspecified atom stereocenters. The lowest BCUT2D eigenvalue weighted by atomic mass is 10.1. The number of alkyl halides is 3. The first-order valence-corrected chi connectivity index (χ1v) is 8.50. The molecule has 1 N–H and O–H groups in total. The Morgan fingerprint density at radius 2 is 1.86 bits per heavy atom. The Balaban J connectivity index is 2.73. The SMILES string of the molecule is COS(=O)NC(=O)c1cc(-n2c(=O)cc(C(F)(F)F)n(C)c2=O)c(F)cc1Cl. The van der Waals surface area contributed by atoms with Gasteiger partial charge >= 0.3 is 11.9 Å². The third kappa shape index (κ3) is 4.15. The zero-order valence-electron chi connectivity index (χ0n) is 14.0. The highest BCUT2D eigenvalue weighted by Gasteiger charge is 2.35. The fraction of sp³-hybridized carbons (Fsp3) is 0.214. The van der Waals surface area contributed by atoms with Crippen LogP contribution in [0.5, 0.6) is 0 Å². The first-order valence-electron chi connectivity index (χ1n) is 7.05. The number of carbonyl (C=O) groups is 1. The van der Waals surface area contributed by atoms with E-state index in [0.717, 1.165) is 14.2 Å². The maximum Gasteiger partial charge on any atom is 0.431 e. The maximum absolute atomic E-state index is 14.3. The number of amides is 1. The molecular formula is C14H10ClF4N3O5S. The molecule has 28 heavy (non-hydrogen) atoms. The summed E-state index contributed by atoms with van der Waals surface area (Å²) in [6, 6.07) is 1.34. The van der Waals surface area contributed by atoms with E-state index in [2.05, 4.69) is 4.18 Å². The molecule has 1 aromatic heterocycles. The van der Waals surface area contributed by atoms with Gasteiger partial charge in [-0.25, -0.2) is 22.7 Å². The number of hydrogen-bond acceptors (Lipinski definition) is 5. The highest BCUT2D eigenvalue weighted by molar-refractivity contribution is 7.78. The van der Waals surface area contributed by atoms with Crippen molar-refractivity contribution in [3.05, 3.63) is 61.1 Å². The lowest BCUT2D eigenvalue weighted by Gasteiger charge is -2.15. The standard InChI is InChI=1S/C14H10ClF4N3O5S/c1-21-10(14(17,18)19)5-11(23)22(13(21)25)9-3-6(7(15)4-8(9)16)12(24)20-28(26)27-2/h3-5H,1-2H3,(H,20,24). The van der Waals surface area contributed by atoms with Crippen LogP contribution in [0, 0.1) is 5.82 Å². The van der Waals surface area contributed by atoms with Crippen LogP contribution in [-0.2, 0) is 28.7 Å². The Kier molecular flexibility index (Phi) is 6.11. The third-order valence-electron chi connectivity index (χ3n) is 3.46. The molecular weight excluding hydrogens is 434 g/mol. The van der Waals surface area contributed by atoms with Crippen LogP contribution in [0.1, 0.15) is 16.1 Å². The number of rotatable bonds is 4. The van der Waals surface area contributed by atoms with Gasteiger partial charge in [0.2, 0.25) is 0 Å². The molecule has 0 aliphatic carbocycles. The minimum Gasteiger partial charge on any atom is -0.292 e. The largest absolute Gasteiger partial charge is 0.431 e. The van der Waals surface area contributed by atoms with Crippen LogP contribution >= 0.6 is 11.6 Å². The van der Waals surface area contributed by atoms with Crippen molar-refractivity contribution in [1.82, 2.24) is 13.9 Å². The molecule has 0 radical (unpaired) electrons.